The van der Waals surface area contributed by atoms with E-state index in [1.165, 1.54) is 11.1 Å². The standard InChI is InChI=1S/C13H21N.C2H6/c1-6-8-12-11(7-2)9-10(3)14-13(12,4)5;1-2/h6-8,10,14H,2,9H2,1,3-5H3;1-2H3/b8-6-;. The number of nitrogens with one attached hydrogen (secondary N) is 1. The minimum absolute atomic E-state index is 0.0632. The van der Waals surface area contributed by atoms with Crippen molar-refractivity contribution in [2.24, 2.45) is 0 Å². The minimum atomic E-state index is 0.0632. The first-order valence-corrected chi connectivity index (χ1v) is 6.27. The number of rotatable bonds is 2. The van der Waals surface area contributed by atoms with Gasteiger partial charge in [0.1, 0.15) is 0 Å². The van der Waals surface area contributed by atoms with Gasteiger partial charge in [-0.25, -0.2) is 0 Å². The summed E-state index contributed by atoms with van der Waals surface area (Å²) in [6.45, 7) is 16.6. The predicted molar refractivity (Wildman–Crippen MR) is 74.7 cm³/mol. The van der Waals surface area contributed by atoms with Crippen LogP contribution in [0.3, 0.4) is 0 Å². The van der Waals surface area contributed by atoms with Crippen molar-refractivity contribution in [3.63, 3.8) is 0 Å². The molecular weight excluding hydrogens is 194 g/mol. The summed E-state index contributed by atoms with van der Waals surface area (Å²) in [5, 5.41) is 3.60. The molecule has 1 atom stereocenters. The monoisotopic (exact) mass is 221 g/mol. The normalized spacial score (nSPS) is 24.0. The van der Waals surface area contributed by atoms with Crippen LogP contribution in [0.4, 0.5) is 0 Å². The van der Waals surface area contributed by atoms with Crippen LogP contribution in [0.1, 0.15) is 48.0 Å². The maximum absolute atomic E-state index is 3.90. The van der Waals surface area contributed by atoms with Crippen LogP contribution in [0.2, 0.25) is 0 Å². The molecule has 0 aliphatic carbocycles. The predicted octanol–water partition coefficient (Wildman–Crippen LogP) is 4.23. The molecule has 0 aromatic heterocycles. The molecule has 0 saturated heterocycles. The van der Waals surface area contributed by atoms with Crippen LogP contribution in [0.25, 0.3) is 0 Å². The van der Waals surface area contributed by atoms with Crippen LogP contribution in [-0.4, -0.2) is 11.6 Å². The van der Waals surface area contributed by atoms with Gasteiger partial charge < -0.3 is 5.32 Å². The Morgan fingerprint density at radius 1 is 1.38 bits per heavy atom. The Morgan fingerprint density at radius 2 is 1.94 bits per heavy atom. The zero-order valence-electron chi connectivity index (χ0n) is 11.7. The maximum Gasteiger partial charge on any atom is 0.0382 e. The molecule has 92 valence electrons. The summed E-state index contributed by atoms with van der Waals surface area (Å²) in [4.78, 5) is 0. The molecule has 1 aliphatic rings. The Morgan fingerprint density at radius 3 is 2.38 bits per heavy atom. The maximum atomic E-state index is 3.90. The molecule has 1 nitrogen and oxygen atoms in total. The van der Waals surface area contributed by atoms with E-state index >= 15 is 0 Å². The quantitative estimate of drug-likeness (QED) is 0.735. The molecule has 0 amide bonds. The highest BCUT2D eigenvalue weighted by Crippen LogP contribution is 2.30. The molecule has 0 fully saturated rings. The summed E-state index contributed by atoms with van der Waals surface area (Å²) in [6, 6.07) is 0.534. The third-order valence-corrected chi connectivity index (χ3v) is 2.73. The van der Waals surface area contributed by atoms with Gasteiger partial charge in [-0.2, -0.15) is 0 Å². The van der Waals surface area contributed by atoms with E-state index in [1.807, 2.05) is 19.9 Å². The highest BCUT2D eigenvalue weighted by molar-refractivity contribution is 5.41. The Hall–Kier alpha value is -0.820. The van der Waals surface area contributed by atoms with Crippen molar-refractivity contribution in [3.05, 3.63) is 36.0 Å². The van der Waals surface area contributed by atoms with Gasteiger partial charge >= 0.3 is 0 Å². The first-order valence-electron chi connectivity index (χ1n) is 6.27. The summed E-state index contributed by atoms with van der Waals surface area (Å²) in [6.07, 6.45) is 7.36. The van der Waals surface area contributed by atoms with Crippen LogP contribution < -0.4 is 5.32 Å². The van der Waals surface area contributed by atoms with E-state index in [4.69, 9.17) is 0 Å². The molecule has 1 rings (SSSR count). The smallest absolute Gasteiger partial charge is 0.0382 e. The largest absolute Gasteiger partial charge is 0.305 e. The van der Waals surface area contributed by atoms with Crippen LogP contribution in [-0.2, 0) is 0 Å². The zero-order valence-corrected chi connectivity index (χ0v) is 11.7. The van der Waals surface area contributed by atoms with Gasteiger partial charge in [-0.15, -0.1) is 0 Å². The Bertz CT molecular complexity index is 282. The topological polar surface area (TPSA) is 12.0 Å². The van der Waals surface area contributed by atoms with E-state index in [-0.39, 0.29) is 5.54 Å². The van der Waals surface area contributed by atoms with Gasteiger partial charge in [-0.3, -0.25) is 0 Å². The van der Waals surface area contributed by atoms with Crippen LogP contribution in [0.15, 0.2) is 36.0 Å². The summed E-state index contributed by atoms with van der Waals surface area (Å²) in [5.74, 6) is 0. The Kier molecular flexibility index (Phi) is 6.35. The Labute approximate surface area is 101 Å². The van der Waals surface area contributed by atoms with Crippen molar-refractivity contribution >= 4 is 0 Å². The van der Waals surface area contributed by atoms with Crippen LogP contribution >= 0.6 is 0 Å². The van der Waals surface area contributed by atoms with Crippen molar-refractivity contribution in [2.45, 2.75) is 59.5 Å². The summed E-state index contributed by atoms with van der Waals surface area (Å²) in [7, 11) is 0. The van der Waals surface area contributed by atoms with Gasteiger partial charge in [0.25, 0.3) is 0 Å². The number of allylic oxidation sites excluding steroid dienone is 2. The molecule has 0 saturated carbocycles. The molecule has 1 unspecified atom stereocenters. The van der Waals surface area contributed by atoms with Crippen LogP contribution in [0.5, 0.6) is 0 Å². The lowest BCUT2D eigenvalue weighted by Gasteiger charge is -2.38. The van der Waals surface area contributed by atoms with E-state index in [0.717, 1.165) is 6.42 Å². The Balaban J connectivity index is 0.00000106. The molecule has 16 heavy (non-hydrogen) atoms. The number of hydrogen-bond acceptors (Lipinski definition) is 1. The summed E-state index contributed by atoms with van der Waals surface area (Å²) >= 11 is 0. The zero-order chi connectivity index (χ0) is 12.8. The van der Waals surface area contributed by atoms with Gasteiger partial charge in [0, 0.05) is 11.6 Å². The van der Waals surface area contributed by atoms with E-state index in [2.05, 4.69) is 51.7 Å². The molecule has 1 heterocycles. The fourth-order valence-electron chi connectivity index (χ4n) is 2.26. The third kappa shape index (κ3) is 3.64. The molecule has 0 aromatic rings. The van der Waals surface area contributed by atoms with Crippen molar-refractivity contribution in [2.75, 3.05) is 0 Å². The van der Waals surface area contributed by atoms with Crippen LogP contribution in [0, 0.1) is 0 Å². The fraction of sp³-hybridized carbons (Fsp3) is 0.600. The lowest BCUT2D eigenvalue weighted by atomic mass is 9.82. The van der Waals surface area contributed by atoms with Crippen molar-refractivity contribution in [3.8, 4) is 0 Å². The molecule has 1 N–H and O–H groups in total. The molecule has 0 aromatic carbocycles. The highest BCUT2D eigenvalue weighted by Gasteiger charge is 2.29. The van der Waals surface area contributed by atoms with Crippen molar-refractivity contribution in [1.29, 1.82) is 0 Å². The van der Waals surface area contributed by atoms with E-state index in [1.54, 1.807) is 0 Å². The highest BCUT2D eigenvalue weighted by atomic mass is 15.0. The van der Waals surface area contributed by atoms with E-state index in [0.29, 0.717) is 6.04 Å². The summed E-state index contributed by atoms with van der Waals surface area (Å²) < 4.78 is 0. The van der Waals surface area contributed by atoms with Gasteiger partial charge in [0.05, 0.1) is 0 Å². The van der Waals surface area contributed by atoms with Gasteiger partial charge in [-0.05, 0) is 45.3 Å². The molecule has 1 heteroatoms. The number of hydrogen-bond donors (Lipinski definition) is 1. The van der Waals surface area contributed by atoms with Crippen molar-refractivity contribution < 1.29 is 0 Å². The average Bonchev–Trinajstić information content (AvgIpc) is 2.24. The SMILES string of the molecule is C=CC1=C(/C=C\C)C(C)(C)NC(C)C1.CC. The lowest BCUT2D eigenvalue weighted by Crippen LogP contribution is -2.49. The van der Waals surface area contributed by atoms with E-state index < -0.39 is 0 Å². The van der Waals surface area contributed by atoms with Gasteiger partial charge in [-0.1, -0.05) is 38.7 Å². The second-order valence-corrected chi connectivity index (χ2v) is 4.52. The summed E-state index contributed by atoms with van der Waals surface area (Å²) in [5.41, 5.74) is 2.81. The lowest BCUT2D eigenvalue weighted by molar-refractivity contribution is 0.371. The van der Waals surface area contributed by atoms with E-state index in [9.17, 15) is 0 Å². The molecule has 0 radical (unpaired) electrons. The molecular formula is C15H27N. The minimum Gasteiger partial charge on any atom is -0.305 e. The van der Waals surface area contributed by atoms with Gasteiger partial charge in [0.2, 0.25) is 0 Å². The van der Waals surface area contributed by atoms with Gasteiger partial charge in [0.15, 0.2) is 0 Å². The second-order valence-electron chi connectivity index (χ2n) is 4.52. The third-order valence-electron chi connectivity index (χ3n) is 2.73. The first-order chi connectivity index (χ1) is 7.51. The average molecular weight is 221 g/mol. The fourth-order valence-corrected chi connectivity index (χ4v) is 2.26. The molecule has 0 bridgehead atoms. The van der Waals surface area contributed by atoms with Crippen molar-refractivity contribution in [1.82, 2.24) is 5.32 Å². The molecule has 1 aliphatic heterocycles. The first kappa shape index (κ1) is 15.2. The second kappa shape index (κ2) is 6.70. The molecule has 0 spiro atoms.